The van der Waals surface area contributed by atoms with Crippen LogP contribution in [0.3, 0.4) is 0 Å². The van der Waals surface area contributed by atoms with E-state index >= 15 is 0 Å². The zero-order valence-electron chi connectivity index (χ0n) is 12.3. The molecule has 0 aromatic heterocycles. The molecule has 0 aliphatic carbocycles. The van der Waals surface area contributed by atoms with Gasteiger partial charge in [-0.25, -0.2) is 8.42 Å². The Hall–Kier alpha value is -0.130. The van der Waals surface area contributed by atoms with Crippen LogP contribution in [0, 0.1) is 11.8 Å². The van der Waals surface area contributed by atoms with Gasteiger partial charge in [0.05, 0.1) is 11.5 Å². The van der Waals surface area contributed by atoms with Crippen molar-refractivity contribution in [2.24, 2.45) is 11.8 Å². The number of sulfone groups is 1. The molecule has 0 bridgehead atoms. The van der Waals surface area contributed by atoms with E-state index in [1.165, 1.54) is 25.8 Å². The van der Waals surface area contributed by atoms with Gasteiger partial charge < -0.3 is 5.32 Å². The molecule has 5 heteroatoms. The van der Waals surface area contributed by atoms with E-state index in [0.717, 1.165) is 31.5 Å². The summed E-state index contributed by atoms with van der Waals surface area (Å²) < 4.78 is 23.1. The number of hydrogen-bond donors (Lipinski definition) is 1. The van der Waals surface area contributed by atoms with Gasteiger partial charge in [0.1, 0.15) is 0 Å². The van der Waals surface area contributed by atoms with Crippen molar-refractivity contribution in [3.63, 3.8) is 0 Å². The van der Waals surface area contributed by atoms with Crippen LogP contribution < -0.4 is 5.32 Å². The van der Waals surface area contributed by atoms with Crippen LogP contribution >= 0.6 is 0 Å². The van der Waals surface area contributed by atoms with Gasteiger partial charge in [0, 0.05) is 12.6 Å². The fourth-order valence-electron chi connectivity index (χ4n) is 3.33. The standard InChI is InChI=1S/C14H28N2O2S/c1-12(14-4-3-6-15-10-14)5-7-16-8-9-19(17,18)11-13(16)2/h12-15H,3-11H2,1-2H3. The number of rotatable bonds is 4. The molecular weight excluding hydrogens is 260 g/mol. The van der Waals surface area contributed by atoms with E-state index in [4.69, 9.17) is 0 Å². The second-order valence-electron chi connectivity index (χ2n) is 6.37. The average molecular weight is 288 g/mol. The van der Waals surface area contributed by atoms with Gasteiger partial charge in [0.25, 0.3) is 0 Å². The molecule has 4 nitrogen and oxygen atoms in total. The van der Waals surface area contributed by atoms with Crippen molar-refractivity contribution in [2.45, 2.75) is 39.2 Å². The Morgan fingerprint density at radius 2 is 2.21 bits per heavy atom. The first-order chi connectivity index (χ1) is 8.98. The third-order valence-electron chi connectivity index (χ3n) is 4.82. The van der Waals surface area contributed by atoms with Gasteiger partial charge in [-0.05, 0) is 57.7 Å². The first-order valence-corrected chi connectivity index (χ1v) is 9.45. The van der Waals surface area contributed by atoms with Crippen LogP contribution in [0.25, 0.3) is 0 Å². The number of nitrogens with zero attached hydrogens (tertiary/aromatic N) is 1. The summed E-state index contributed by atoms with van der Waals surface area (Å²) in [6.45, 7) is 8.50. The van der Waals surface area contributed by atoms with Gasteiger partial charge in [-0.3, -0.25) is 4.90 Å². The van der Waals surface area contributed by atoms with Crippen molar-refractivity contribution in [2.75, 3.05) is 37.7 Å². The molecule has 2 rings (SSSR count). The van der Waals surface area contributed by atoms with Crippen LogP contribution in [0.2, 0.25) is 0 Å². The number of nitrogens with one attached hydrogen (secondary N) is 1. The molecule has 2 heterocycles. The molecule has 0 spiro atoms. The molecule has 19 heavy (non-hydrogen) atoms. The van der Waals surface area contributed by atoms with E-state index in [0.29, 0.717) is 11.5 Å². The van der Waals surface area contributed by atoms with Crippen molar-refractivity contribution < 1.29 is 8.42 Å². The zero-order chi connectivity index (χ0) is 13.9. The van der Waals surface area contributed by atoms with Crippen LogP contribution in [0.1, 0.15) is 33.1 Å². The Morgan fingerprint density at radius 1 is 1.42 bits per heavy atom. The lowest BCUT2D eigenvalue weighted by Gasteiger charge is -2.35. The molecule has 1 N–H and O–H groups in total. The molecule has 2 aliphatic rings. The molecule has 2 aliphatic heterocycles. The molecule has 0 aromatic carbocycles. The zero-order valence-corrected chi connectivity index (χ0v) is 13.1. The number of hydrogen-bond acceptors (Lipinski definition) is 4. The minimum Gasteiger partial charge on any atom is -0.316 e. The summed E-state index contributed by atoms with van der Waals surface area (Å²) in [7, 11) is -2.78. The molecule has 112 valence electrons. The minimum absolute atomic E-state index is 0.190. The van der Waals surface area contributed by atoms with Gasteiger partial charge >= 0.3 is 0 Å². The maximum absolute atomic E-state index is 11.6. The van der Waals surface area contributed by atoms with Gasteiger partial charge in [-0.15, -0.1) is 0 Å². The molecule has 3 unspecified atom stereocenters. The first-order valence-electron chi connectivity index (χ1n) is 7.63. The van der Waals surface area contributed by atoms with Crippen molar-refractivity contribution >= 4 is 9.84 Å². The highest BCUT2D eigenvalue weighted by molar-refractivity contribution is 7.91. The van der Waals surface area contributed by atoms with E-state index in [1.807, 2.05) is 6.92 Å². The fourth-order valence-corrected chi connectivity index (χ4v) is 4.96. The summed E-state index contributed by atoms with van der Waals surface area (Å²) in [5.41, 5.74) is 0. The molecule has 0 radical (unpaired) electrons. The summed E-state index contributed by atoms with van der Waals surface area (Å²) in [6, 6.07) is 0.190. The molecule has 3 atom stereocenters. The molecule has 2 saturated heterocycles. The smallest absolute Gasteiger partial charge is 0.153 e. The van der Waals surface area contributed by atoms with E-state index < -0.39 is 9.84 Å². The molecule has 0 amide bonds. The predicted molar refractivity (Wildman–Crippen MR) is 79.1 cm³/mol. The van der Waals surface area contributed by atoms with Gasteiger partial charge in [0.2, 0.25) is 0 Å². The summed E-state index contributed by atoms with van der Waals surface area (Å²) in [4.78, 5) is 2.35. The topological polar surface area (TPSA) is 49.4 Å². The van der Waals surface area contributed by atoms with Gasteiger partial charge in [0.15, 0.2) is 9.84 Å². The molecular formula is C14H28N2O2S. The Labute approximate surface area is 117 Å². The monoisotopic (exact) mass is 288 g/mol. The lowest BCUT2D eigenvalue weighted by molar-refractivity contribution is 0.187. The molecule has 0 aromatic rings. The normalized spacial score (nSPS) is 34.0. The van der Waals surface area contributed by atoms with E-state index in [-0.39, 0.29) is 6.04 Å². The average Bonchev–Trinajstić information content (AvgIpc) is 2.37. The van der Waals surface area contributed by atoms with Crippen LogP contribution in [0.4, 0.5) is 0 Å². The Balaban J connectivity index is 1.75. The van der Waals surface area contributed by atoms with E-state index in [2.05, 4.69) is 17.1 Å². The van der Waals surface area contributed by atoms with Gasteiger partial charge in [-0.1, -0.05) is 6.92 Å². The SMILES string of the molecule is CC(CCN1CCS(=O)(=O)CC1C)C1CCCNC1. The van der Waals surface area contributed by atoms with Crippen molar-refractivity contribution in [1.82, 2.24) is 10.2 Å². The molecule has 2 fully saturated rings. The van der Waals surface area contributed by atoms with Crippen molar-refractivity contribution in [1.29, 1.82) is 0 Å². The van der Waals surface area contributed by atoms with Crippen LogP contribution in [0.5, 0.6) is 0 Å². The van der Waals surface area contributed by atoms with Crippen LogP contribution in [0.15, 0.2) is 0 Å². The van der Waals surface area contributed by atoms with Crippen molar-refractivity contribution in [3.8, 4) is 0 Å². The maximum atomic E-state index is 11.6. The van der Waals surface area contributed by atoms with Crippen LogP contribution in [-0.2, 0) is 9.84 Å². The Bertz CT molecular complexity index is 377. The quantitative estimate of drug-likeness (QED) is 0.842. The lowest BCUT2D eigenvalue weighted by atomic mass is 9.85. The second-order valence-corrected chi connectivity index (χ2v) is 8.60. The predicted octanol–water partition coefficient (Wildman–Crippen LogP) is 1.13. The summed E-state index contributed by atoms with van der Waals surface area (Å²) in [6.07, 6.45) is 3.84. The minimum atomic E-state index is -2.78. The summed E-state index contributed by atoms with van der Waals surface area (Å²) >= 11 is 0. The molecule has 0 saturated carbocycles. The highest BCUT2D eigenvalue weighted by atomic mass is 32.2. The summed E-state index contributed by atoms with van der Waals surface area (Å²) in [5.74, 6) is 2.22. The van der Waals surface area contributed by atoms with E-state index in [9.17, 15) is 8.42 Å². The third kappa shape index (κ3) is 4.43. The van der Waals surface area contributed by atoms with E-state index in [1.54, 1.807) is 0 Å². The lowest BCUT2D eigenvalue weighted by Crippen LogP contribution is -2.47. The van der Waals surface area contributed by atoms with Gasteiger partial charge in [-0.2, -0.15) is 0 Å². The highest BCUT2D eigenvalue weighted by Gasteiger charge is 2.28. The number of piperidine rings is 1. The third-order valence-corrected chi connectivity index (χ3v) is 6.61. The Kier molecular flexibility index (Phi) is 5.26. The van der Waals surface area contributed by atoms with Crippen molar-refractivity contribution in [3.05, 3.63) is 0 Å². The Morgan fingerprint density at radius 3 is 2.84 bits per heavy atom. The highest BCUT2D eigenvalue weighted by Crippen LogP contribution is 2.23. The maximum Gasteiger partial charge on any atom is 0.153 e. The summed E-state index contributed by atoms with van der Waals surface area (Å²) in [5, 5.41) is 3.48. The fraction of sp³-hybridized carbons (Fsp3) is 1.00. The first kappa shape index (κ1) is 15.3. The van der Waals surface area contributed by atoms with Crippen LogP contribution in [-0.4, -0.2) is 57.0 Å². The largest absolute Gasteiger partial charge is 0.316 e. The second kappa shape index (κ2) is 6.55.